The average Bonchev–Trinajstić information content (AvgIpc) is 2.86. The Morgan fingerprint density at radius 3 is 2.79 bits per heavy atom. The maximum absolute atomic E-state index is 11.8. The molecule has 0 aromatic heterocycles. The quantitative estimate of drug-likeness (QED) is 0.545. The second-order valence-corrected chi connectivity index (χ2v) is 5.48. The van der Waals surface area contributed by atoms with Crippen molar-refractivity contribution in [2.24, 2.45) is 5.92 Å². The lowest BCUT2D eigenvalue weighted by Crippen LogP contribution is -2.28. The van der Waals surface area contributed by atoms with Gasteiger partial charge in [-0.3, -0.25) is 4.79 Å². The Kier molecular flexibility index (Phi) is 7.39. The minimum atomic E-state index is -0.296. The highest BCUT2D eigenvalue weighted by atomic mass is 16.5. The monoisotopic (exact) mass is 272 g/mol. The predicted octanol–water partition coefficient (Wildman–Crippen LogP) is 2.67. The molecule has 19 heavy (non-hydrogen) atoms. The summed E-state index contributed by atoms with van der Waals surface area (Å²) in [6.45, 7) is 6.41. The van der Waals surface area contributed by atoms with Gasteiger partial charge in [-0.2, -0.15) is 0 Å². The van der Waals surface area contributed by atoms with Crippen molar-refractivity contribution < 1.29 is 19.4 Å². The smallest absolute Gasteiger partial charge is 0.311 e. The van der Waals surface area contributed by atoms with E-state index in [2.05, 4.69) is 6.92 Å². The summed E-state index contributed by atoms with van der Waals surface area (Å²) in [4.78, 5) is 11.8. The van der Waals surface area contributed by atoms with Gasteiger partial charge in [-0.15, -0.1) is 0 Å². The van der Waals surface area contributed by atoms with E-state index in [0.717, 1.165) is 32.1 Å². The summed E-state index contributed by atoms with van der Waals surface area (Å²) in [5.74, 6) is -0.365. The molecule has 0 saturated carbocycles. The summed E-state index contributed by atoms with van der Waals surface area (Å²) in [5, 5.41) is 9.62. The van der Waals surface area contributed by atoms with E-state index in [1.54, 1.807) is 0 Å². The highest BCUT2D eigenvalue weighted by Crippen LogP contribution is 2.29. The molecule has 1 fully saturated rings. The van der Waals surface area contributed by atoms with Crippen molar-refractivity contribution in [2.45, 2.75) is 77.6 Å². The Hall–Kier alpha value is -0.610. The molecule has 1 aliphatic heterocycles. The number of ether oxygens (including phenoxy) is 2. The first-order valence-electron chi connectivity index (χ1n) is 7.58. The largest absolute Gasteiger partial charge is 0.465 e. The molecule has 0 radical (unpaired) electrons. The first-order chi connectivity index (χ1) is 9.08. The van der Waals surface area contributed by atoms with Crippen LogP contribution < -0.4 is 0 Å². The molecule has 0 unspecified atom stereocenters. The van der Waals surface area contributed by atoms with Gasteiger partial charge in [0.1, 0.15) is 0 Å². The zero-order valence-corrected chi connectivity index (χ0v) is 12.4. The molecule has 4 atom stereocenters. The van der Waals surface area contributed by atoms with Crippen molar-refractivity contribution in [3.63, 3.8) is 0 Å². The van der Waals surface area contributed by atoms with E-state index >= 15 is 0 Å². The third-order valence-corrected chi connectivity index (χ3v) is 3.82. The molecule has 0 aromatic rings. The fourth-order valence-electron chi connectivity index (χ4n) is 2.35. The van der Waals surface area contributed by atoms with Crippen LogP contribution in [0.25, 0.3) is 0 Å². The van der Waals surface area contributed by atoms with E-state index in [0.29, 0.717) is 13.0 Å². The Morgan fingerprint density at radius 2 is 2.16 bits per heavy atom. The Morgan fingerprint density at radius 1 is 1.42 bits per heavy atom. The van der Waals surface area contributed by atoms with Gasteiger partial charge in [0.15, 0.2) is 0 Å². The van der Waals surface area contributed by atoms with Gasteiger partial charge in [0, 0.05) is 0 Å². The molecule has 0 bridgehead atoms. The fraction of sp³-hybridized carbons (Fsp3) is 0.933. The summed E-state index contributed by atoms with van der Waals surface area (Å²) < 4.78 is 11.1. The molecule has 112 valence electrons. The van der Waals surface area contributed by atoms with Gasteiger partial charge in [-0.1, -0.05) is 20.3 Å². The fourth-order valence-corrected chi connectivity index (χ4v) is 2.35. The Bertz CT molecular complexity index is 267. The molecule has 1 heterocycles. The zero-order chi connectivity index (χ0) is 14.3. The van der Waals surface area contributed by atoms with Gasteiger partial charge in [-0.05, 0) is 39.0 Å². The summed E-state index contributed by atoms with van der Waals surface area (Å²) in [6.07, 6.45) is 4.90. The van der Waals surface area contributed by atoms with Crippen molar-refractivity contribution in [2.75, 3.05) is 6.61 Å². The topological polar surface area (TPSA) is 55.8 Å². The van der Waals surface area contributed by atoms with Gasteiger partial charge in [0.25, 0.3) is 0 Å². The first kappa shape index (κ1) is 16.4. The number of unbranched alkanes of at least 4 members (excludes halogenated alkanes) is 1. The maximum Gasteiger partial charge on any atom is 0.311 e. The molecule has 0 amide bonds. The summed E-state index contributed by atoms with van der Waals surface area (Å²) in [7, 11) is 0. The van der Waals surface area contributed by atoms with Crippen molar-refractivity contribution in [3.05, 3.63) is 0 Å². The number of hydrogen-bond donors (Lipinski definition) is 1. The van der Waals surface area contributed by atoms with Crippen LogP contribution >= 0.6 is 0 Å². The van der Waals surface area contributed by atoms with Crippen LogP contribution in [0.5, 0.6) is 0 Å². The second-order valence-electron chi connectivity index (χ2n) is 5.48. The molecule has 4 heteroatoms. The van der Waals surface area contributed by atoms with Crippen LogP contribution in [0.2, 0.25) is 0 Å². The van der Waals surface area contributed by atoms with Crippen LogP contribution in [0.4, 0.5) is 0 Å². The van der Waals surface area contributed by atoms with E-state index in [1.165, 1.54) is 0 Å². The number of aliphatic hydroxyl groups excluding tert-OH is 1. The minimum absolute atomic E-state index is 0.0526. The van der Waals surface area contributed by atoms with Crippen LogP contribution in [-0.2, 0) is 14.3 Å². The Labute approximate surface area is 116 Å². The van der Waals surface area contributed by atoms with Gasteiger partial charge >= 0.3 is 5.97 Å². The van der Waals surface area contributed by atoms with E-state index in [1.807, 2.05) is 13.8 Å². The number of carbonyl (C=O) groups is 1. The molecule has 0 aromatic carbocycles. The SMILES string of the molecule is CCCCOC(=O)[C@H](C)[C@H]1CC[C@@H](C[C@@H](O)CC)O1. The van der Waals surface area contributed by atoms with Crippen LogP contribution in [0.1, 0.15) is 59.3 Å². The van der Waals surface area contributed by atoms with Gasteiger partial charge in [0.05, 0.1) is 30.8 Å². The maximum atomic E-state index is 11.8. The first-order valence-corrected chi connectivity index (χ1v) is 7.58. The normalized spacial score (nSPS) is 26.1. The lowest BCUT2D eigenvalue weighted by Gasteiger charge is -2.20. The molecule has 0 aliphatic carbocycles. The van der Waals surface area contributed by atoms with Crippen LogP contribution in [0, 0.1) is 5.92 Å². The molecule has 1 rings (SSSR count). The Balaban J connectivity index is 2.30. The number of hydrogen-bond acceptors (Lipinski definition) is 4. The molecule has 0 spiro atoms. The molecule has 1 aliphatic rings. The van der Waals surface area contributed by atoms with Crippen molar-refractivity contribution in [1.82, 2.24) is 0 Å². The molecule has 1 saturated heterocycles. The van der Waals surface area contributed by atoms with E-state index < -0.39 is 0 Å². The average molecular weight is 272 g/mol. The van der Waals surface area contributed by atoms with Gasteiger partial charge < -0.3 is 14.6 Å². The van der Waals surface area contributed by atoms with Gasteiger partial charge in [0.2, 0.25) is 0 Å². The van der Waals surface area contributed by atoms with Crippen LogP contribution in [0.15, 0.2) is 0 Å². The molecule has 4 nitrogen and oxygen atoms in total. The van der Waals surface area contributed by atoms with Gasteiger partial charge in [-0.25, -0.2) is 0 Å². The third-order valence-electron chi connectivity index (χ3n) is 3.82. The van der Waals surface area contributed by atoms with Crippen molar-refractivity contribution in [1.29, 1.82) is 0 Å². The van der Waals surface area contributed by atoms with Crippen molar-refractivity contribution in [3.8, 4) is 0 Å². The summed E-state index contributed by atoms with van der Waals surface area (Å²) in [5.41, 5.74) is 0. The second kappa shape index (κ2) is 8.54. The number of aliphatic hydroxyl groups is 1. The third kappa shape index (κ3) is 5.49. The van der Waals surface area contributed by atoms with Crippen LogP contribution in [0.3, 0.4) is 0 Å². The number of esters is 1. The summed E-state index contributed by atoms with van der Waals surface area (Å²) in [6, 6.07) is 0. The van der Waals surface area contributed by atoms with E-state index in [4.69, 9.17) is 9.47 Å². The molecular formula is C15H28O4. The lowest BCUT2D eigenvalue weighted by molar-refractivity contribution is -0.153. The summed E-state index contributed by atoms with van der Waals surface area (Å²) >= 11 is 0. The highest BCUT2D eigenvalue weighted by Gasteiger charge is 2.34. The van der Waals surface area contributed by atoms with E-state index in [-0.39, 0.29) is 30.2 Å². The highest BCUT2D eigenvalue weighted by molar-refractivity contribution is 5.72. The van der Waals surface area contributed by atoms with E-state index in [9.17, 15) is 9.90 Å². The standard InChI is InChI=1S/C15H28O4/c1-4-6-9-18-15(17)11(3)14-8-7-13(19-14)10-12(16)5-2/h11-14,16H,4-10H2,1-3H3/t11-,12+,13+,14-/m1/s1. The lowest BCUT2D eigenvalue weighted by atomic mass is 10.0. The van der Waals surface area contributed by atoms with Crippen LogP contribution in [-0.4, -0.2) is 36.0 Å². The minimum Gasteiger partial charge on any atom is -0.465 e. The predicted molar refractivity (Wildman–Crippen MR) is 73.8 cm³/mol. The number of carbonyl (C=O) groups excluding carboxylic acids is 1. The van der Waals surface area contributed by atoms with Crippen molar-refractivity contribution >= 4 is 5.97 Å². The number of rotatable bonds is 8. The molecular weight excluding hydrogens is 244 g/mol. The zero-order valence-electron chi connectivity index (χ0n) is 12.4. The molecule has 1 N–H and O–H groups in total.